The van der Waals surface area contributed by atoms with Crippen molar-refractivity contribution in [3.05, 3.63) is 60.3 Å². The van der Waals surface area contributed by atoms with Crippen LogP contribution in [0.4, 0.5) is 5.82 Å². The number of carbonyl (C=O) groups excluding carboxylic acids is 1. The molecular weight excluding hydrogens is 344 g/mol. The van der Waals surface area contributed by atoms with E-state index in [9.17, 15) is 4.79 Å². The molecule has 0 fully saturated rings. The summed E-state index contributed by atoms with van der Waals surface area (Å²) in [4.78, 5) is 16.8. The normalized spacial score (nSPS) is 11.9. The van der Waals surface area contributed by atoms with E-state index in [2.05, 4.69) is 20.5 Å². The second kappa shape index (κ2) is 8.41. The van der Waals surface area contributed by atoms with Gasteiger partial charge in [-0.3, -0.25) is 4.79 Å². The van der Waals surface area contributed by atoms with Crippen molar-refractivity contribution in [2.45, 2.75) is 19.5 Å². The molecule has 1 atom stereocenters. The van der Waals surface area contributed by atoms with Gasteiger partial charge in [-0.25, -0.2) is 4.98 Å². The van der Waals surface area contributed by atoms with Crippen molar-refractivity contribution >= 4 is 11.7 Å². The predicted molar refractivity (Wildman–Crippen MR) is 102 cm³/mol. The maximum atomic E-state index is 12.7. The zero-order valence-corrected chi connectivity index (χ0v) is 15.3. The van der Waals surface area contributed by atoms with Crippen LogP contribution in [-0.2, 0) is 11.3 Å². The van der Waals surface area contributed by atoms with Gasteiger partial charge in [0.1, 0.15) is 12.1 Å². The Morgan fingerprint density at radius 1 is 1.30 bits per heavy atom. The van der Waals surface area contributed by atoms with E-state index in [1.165, 1.54) is 0 Å². The fraction of sp³-hybridized carbons (Fsp3) is 0.263. The number of methoxy groups -OCH3 is 1. The van der Waals surface area contributed by atoms with Crippen LogP contribution in [0.5, 0.6) is 0 Å². The van der Waals surface area contributed by atoms with Crippen LogP contribution in [0.15, 0.2) is 48.9 Å². The molecule has 3 N–H and O–H groups in total. The van der Waals surface area contributed by atoms with Crippen molar-refractivity contribution in [2.24, 2.45) is 0 Å². The Kier molecular flexibility index (Phi) is 5.77. The Labute approximate surface area is 157 Å². The molecule has 8 nitrogen and oxygen atoms in total. The first-order chi connectivity index (χ1) is 13.1. The number of hydrogen-bond donors (Lipinski definition) is 2. The number of nitrogens with two attached hydrogens (primary N) is 1. The van der Waals surface area contributed by atoms with Crippen LogP contribution >= 0.6 is 0 Å². The SMILES string of the molecule is COCCn1cnnc1[C@@H](C)NC(=O)c1cccc(-c2ccc(N)nc2)c1. The number of benzene rings is 1. The molecule has 1 amide bonds. The molecule has 0 saturated heterocycles. The van der Waals surface area contributed by atoms with Gasteiger partial charge in [0.15, 0.2) is 5.82 Å². The number of anilines is 1. The molecular formula is C19H22N6O2. The predicted octanol–water partition coefficient (Wildman–Crippen LogP) is 2.06. The van der Waals surface area contributed by atoms with Gasteiger partial charge in [0.05, 0.1) is 12.6 Å². The van der Waals surface area contributed by atoms with Gasteiger partial charge in [-0.2, -0.15) is 0 Å². The lowest BCUT2D eigenvalue weighted by atomic mass is 10.0. The molecule has 27 heavy (non-hydrogen) atoms. The third kappa shape index (κ3) is 4.48. The minimum atomic E-state index is -0.293. The van der Waals surface area contributed by atoms with Gasteiger partial charge in [0, 0.05) is 31.0 Å². The lowest BCUT2D eigenvalue weighted by Gasteiger charge is -2.15. The smallest absolute Gasteiger partial charge is 0.251 e. The van der Waals surface area contributed by atoms with Crippen LogP contribution in [-0.4, -0.2) is 39.4 Å². The largest absolute Gasteiger partial charge is 0.384 e. The Morgan fingerprint density at radius 3 is 2.89 bits per heavy atom. The number of carbonyl (C=O) groups is 1. The number of nitrogens with one attached hydrogen (secondary N) is 1. The quantitative estimate of drug-likeness (QED) is 0.663. The number of ether oxygens (including phenoxy) is 1. The summed E-state index contributed by atoms with van der Waals surface area (Å²) in [5, 5.41) is 11.0. The first kappa shape index (κ1) is 18.5. The molecule has 0 radical (unpaired) electrons. The average Bonchev–Trinajstić information content (AvgIpc) is 3.15. The third-order valence-corrected chi connectivity index (χ3v) is 4.16. The van der Waals surface area contributed by atoms with E-state index in [1.54, 1.807) is 31.8 Å². The van der Waals surface area contributed by atoms with Crippen LogP contribution < -0.4 is 11.1 Å². The number of nitrogens with zero attached hydrogens (tertiary/aromatic N) is 4. The highest BCUT2D eigenvalue weighted by molar-refractivity contribution is 5.95. The molecule has 0 aliphatic rings. The van der Waals surface area contributed by atoms with Crippen LogP contribution in [0, 0.1) is 0 Å². The van der Waals surface area contributed by atoms with E-state index in [-0.39, 0.29) is 11.9 Å². The van der Waals surface area contributed by atoms with Gasteiger partial charge in [-0.1, -0.05) is 12.1 Å². The molecule has 1 aromatic carbocycles. The topological polar surface area (TPSA) is 108 Å². The van der Waals surface area contributed by atoms with Gasteiger partial charge in [0.2, 0.25) is 0 Å². The van der Waals surface area contributed by atoms with E-state index in [4.69, 9.17) is 10.5 Å². The molecule has 0 aliphatic carbocycles. The minimum Gasteiger partial charge on any atom is -0.384 e. The van der Waals surface area contributed by atoms with E-state index in [1.807, 2.05) is 35.8 Å². The fourth-order valence-electron chi connectivity index (χ4n) is 2.72. The highest BCUT2D eigenvalue weighted by Crippen LogP contribution is 2.21. The Morgan fingerprint density at radius 2 is 2.15 bits per heavy atom. The van der Waals surface area contributed by atoms with E-state index < -0.39 is 0 Å². The number of pyridine rings is 1. The van der Waals surface area contributed by atoms with Gasteiger partial charge in [-0.05, 0) is 36.8 Å². The summed E-state index contributed by atoms with van der Waals surface area (Å²) in [6.07, 6.45) is 3.32. The van der Waals surface area contributed by atoms with Crippen LogP contribution in [0.2, 0.25) is 0 Å². The number of aromatic nitrogens is 4. The first-order valence-electron chi connectivity index (χ1n) is 8.58. The van der Waals surface area contributed by atoms with Gasteiger partial charge >= 0.3 is 0 Å². The van der Waals surface area contributed by atoms with Crippen molar-refractivity contribution in [1.82, 2.24) is 25.1 Å². The summed E-state index contributed by atoms with van der Waals surface area (Å²) >= 11 is 0. The molecule has 3 aromatic rings. The summed E-state index contributed by atoms with van der Waals surface area (Å²) in [7, 11) is 1.64. The fourth-order valence-corrected chi connectivity index (χ4v) is 2.72. The van der Waals surface area contributed by atoms with Crippen molar-refractivity contribution < 1.29 is 9.53 Å². The van der Waals surface area contributed by atoms with E-state index in [0.29, 0.717) is 30.4 Å². The summed E-state index contributed by atoms with van der Waals surface area (Å²) in [6, 6.07) is 10.7. The molecule has 0 bridgehead atoms. The van der Waals surface area contributed by atoms with Crippen molar-refractivity contribution in [3.8, 4) is 11.1 Å². The van der Waals surface area contributed by atoms with Crippen LogP contribution in [0.25, 0.3) is 11.1 Å². The lowest BCUT2D eigenvalue weighted by Crippen LogP contribution is -2.29. The van der Waals surface area contributed by atoms with Crippen molar-refractivity contribution in [3.63, 3.8) is 0 Å². The minimum absolute atomic E-state index is 0.186. The summed E-state index contributed by atoms with van der Waals surface area (Å²) in [6.45, 7) is 3.04. The number of amides is 1. The highest BCUT2D eigenvalue weighted by atomic mass is 16.5. The average molecular weight is 366 g/mol. The van der Waals surface area contributed by atoms with Gasteiger partial charge in [0.25, 0.3) is 5.91 Å². The maximum absolute atomic E-state index is 12.7. The molecule has 3 rings (SSSR count). The highest BCUT2D eigenvalue weighted by Gasteiger charge is 2.17. The van der Waals surface area contributed by atoms with Gasteiger partial charge in [-0.15, -0.1) is 10.2 Å². The van der Waals surface area contributed by atoms with E-state index >= 15 is 0 Å². The standard InChI is InChI=1S/C19H22N6O2/c1-13(18-24-22-12-25(18)8-9-27-2)23-19(26)15-5-3-4-14(10-15)16-6-7-17(20)21-11-16/h3-7,10-13H,8-9H2,1-2H3,(H2,20,21)(H,23,26)/t13-/m1/s1. The van der Waals surface area contributed by atoms with Crippen LogP contribution in [0.1, 0.15) is 29.1 Å². The Balaban J connectivity index is 1.74. The second-order valence-corrected chi connectivity index (χ2v) is 6.12. The van der Waals surface area contributed by atoms with Crippen molar-refractivity contribution in [2.75, 3.05) is 19.5 Å². The molecule has 0 spiro atoms. The Hall–Kier alpha value is -3.26. The monoisotopic (exact) mass is 366 g/mol. The molecule has 0 aliphatic heterocycles. The van der Waals surface area contributed by atoms with Crippen molar-refractivity contribution in [1.29, 1.82) is 0 Å². The maximum Gasteiger partial charge on any atom is 0.251 e. The summed E-state index contributed by atoms with van der Waals surface area (Å²) in [5.74, 6) is 0.951. The second-order valence-electron chi connectivity index (χ2n) is 6.12. The molecule has 0 unspecified atom stereocenters. The first-order valence-corrected chi connectivity index (χ1v) is 8.58. The molecule has 2 heterocycles. The number of rotatable bonds is 7. The molecule has 140 valence electrons. The molecule has 8 heteroatoms. The third-order valence-electron chi connectivity index (χ3n) is 4.16. The lowest BCUT2D eigenvalue weighted by molar-refractivity contribution is 0.0937. The van der Waals surface area contributed by atoms with E-state index in [0.717, 1.165) is 11.1 Å². The molecule has 2 aromatic heterocycles. The Bertz CT molecular complexity index is 907. The summed E-state index contributed by atoms with van der Waals surface area (Å²) in [5.41, 5.74) is 7.97. The zero-order valence-electron chi connectivity index (χ0n) is 15.3. The number of hydrogen-bond acceptors (Lipinski definition) is 6. The van der Waals surface area contributed by atoms with Gasteiger partial charge < -0.3 is 20.4 Å². The molecule has 0 saturated carbocycles. The number of nitrogen functional groups attached to an aromatic ring is 1. The zero-order chi connectivity index (χ0) is 19.2. The van der Waals surface area contributed by atoms with Crippen LogP contribution in [0.3, 0.4) is 0 Å². The summed E-state index contributed by atoms with van der Waals surface area (Å²) < 4.78 is 6.95.